The number of rotatable bonds is 5. The van der Waals surface area contributed by atoms with Crippen LogP contribution in [0.5, 0.6) is 0 Å². The van der Waals surface area contributed by atoms with E-state index < -0.39 is 5.54 Å². The SMILES string of the molecule is NC1(C(=O)NCCCN2CCCCCC2)CCCC1. The highest BCUT2D eigenvalue weighted by atomic mass is 16.2. The quantitative estimate of drug-likeness (QED) is 0.745. The average Bonchev–Trinajstić information content (AvgIpc) is 2.70. The molecule has 0 bridgehead atoms. The molecule has 0 unspecified atom stereocenters. The second kappa shape index (κ2) is 7.25. The Morgan fingerprint density at radius 1 is 1.05 bits per heavy atom. The Morgan fingerprint density at radius 2 is 1.68 bits per heavy atom. The van der Waals surface area contributed by atoms with E-state index in [0.717, 1.165) is 45.2 Å². The Bertz CT molecular complexity index is 279. The standard InChI is InChI=1S/C15H29N3O/c16-15(8-3-4-9-15)14(19)17-10-7-13-18-11-5-1-2-6-12-18/h1-13,16H2,(H,17,19). The molecule has 1 heterocycles. The van der Waals surface area contributed by atoms with Gasteiger partial charge in [0.1, 0.15) is 0 Å². The first-order chi connectivity index (χ1) is 9.21. The highest BCUT2D eigenvalue weighted by Crippen LogP contribution is 2.27. The van der Waals surface area contributed by atoms with Crippen LogP contribution in [0.25, 0.3) is 0 Å². The highest BCUT2D eigenvalue weighted by molar-refractivity contribution is 5.86. The van der Waals surface area contributed by atoms with Crippen molar-refractivity contribution in [3.63, 3.8) is 0 Å². The van der Waals surface area contributed by atoms with Gasteiger partial charge < -0.3 is 16.0 Å². The zero-order valence-corrected chi connectivity index (χ0v) is 12.1. The third-order valence-electron chi connectivity index (χ3n) is 4.58. The van der Waals surface area contributed by atoms with E-state index in [2.05, 4.69) is 10.2 Å². The average molecular weight is 267 g/mol. The van der Waals surface area contributed by atoms with Crippen molar-refractivity contribution in [2.24, 2.45) is 5.73 Å². The van der Waals surface area contributed by atoms with Crippen LogP contribution >= 0.6 is 0 Å². The maximum absolute atomic E-state index is 12.0. The lowest BCUT2D eigenvalue weighted by Gasteiger charge is -2.23. The fraction of sp³-hybridized carbons (Fsp3) is 0.933. The van der Waals surface area contributed by atoms with Crippen molar-refractivity contribution in [2.75, 3.05) is 26.2 Å². The molecule has 0 atom stereocenters. The van der Waals surface area contributed by atoms with Crippen molar-refractivity contribution in [3.05, 3.63) is 0 Å². The molecule has 2 rings (SSSR count). The minimum absolute atomic E-state index is 0.0702. The molecule has 1 amide bonds. The van der Waals surface area contributed by atoms with Crippen LogP contribution in [0, 0.1) is 0 Å². The van der Waals surface area contributed by atoms with Crippen molar-refractivity contribution in [2.45, 2.75) is 63.3 Å². The second-order valence-corrected chi connectivity index (χ2v) is 6.23. The zero-order chi connectivity index (χ0) is 13.6. The van der Waals surface area contributed by atoms with Crippen molar-refractivity contribution in [3.8, 4) is 0 Å². The van der Waals surface area contributed by atoms with Gasteiger partial charge in [0.25, 0.3) is 0 Å². The van der Waals surface area contributed by atoms with Gasteiger partial charge in [0.05, 0.1) is 5.54 Å². The summed E-state index contributed by atoms with van der Waals surface area (Å²) in [6.07, 6.45) is 10.4. The first-order valence-corrected chi connectivity index (χ1v) is 8.00. The van der Waals surface area contributed by atoms with Crippen LogP contribution in [0.4, 0.5) is 0 Å². The molecule has 110 valence electrons. The summed E-state index contributed by atoms with van der Waals surface area (Å²) < 4.78 is 0. The summed E-state index contributed by atoms with van der Waals surface area (Å²) >= 11 is 0. The minimum atomic E-state index is -0.567. The van der Waals surface area contributed by atoms with Gasteiger partial charge in [0.15, 0.2) is 0 Å². The van der Waals surface area contributed by atoms with Gasteiger partial charge in [0.2, 0.25) is 5.91 Å². The van der Waals surface area contributed by atoms with E-state index in [1.54, 1.807) is 0 Å². The van der Waals surface area contributed by atoms with Gasteiger partial charge in [-0.25, -0.2) is 0 Å². The molecular formula is C15H29N3O. The van der Waals surface area contributed by atoms with Gasteiger partial charge in [0, 0.05) is 6.54 Å². The summed E-state index contributed by atoms with van der Waals surface area (Å²) in [6.45, 7) is 4.34. The molecule has 2 fully saturated rings. The zero-order valence-electron chi connectivity index (χ0n) is 12.1. The molecule has 0 aromatic carbocycles. The number of hydrogen-bond acceptors (Lipinski definition) is 3. The van der Waals surface area contributed by atoms with E-state index >= 15 is 0 Å². The fourth-order valence-corrected chi connectivity index (χ4v) is 3.27. The molecule has 2 aliphatic rings. The van der Waals surface area contributed by atoms with Crippen LogP contribution in [0.15, 0.2) is 0 Å². The molecule has 19 heavy (non-hydrogen) atoms. The number of hydrogen-bond donors (Lipinski definition) is 2. The van der Waals surface area contributed by atoms with E-state index in [1.807, 2.05) is 0 Å². The van der Waals surface area contributed by atoms with Crippen molar-refractivity contribution in [1.29, 1.82) is 0 Å². The maximum Gasteiger partial charge on any atom is 0.240 e. The van der Waals surface area contributed by atoms with Gasteiger partial charge in [-0.3, -0.25) is 4.79 Å². The number of nitrogens with one attached hydrogen (secondary N) is 1. The molecule has 0 aromatic heterocycles. The lowest BCUT2D eigenvalue weighted by molar-refractivity contribution is -0.126. The van der Waals surface area contributed by atoms with Crippen LogP contribution < -0.4 is 11.1 Å². The van der Waals surface area contributed by atoms with Gasteiger partial charge in [-0.15, -0.1) is 0 Å². The predicted octanol–water partition coefficient (Wildman–Crippen LogP) is 1.64. The highest BCUT2D eigenvalue weighted by Gasteiger charge is 2.36. The summed E-state index contributed by atoms with van der Waals surface area (Å²) in [6, 6.07) is 0. The minimum Gasteiger partial charge on any atom is -0.354 e. The molecule has 4 heteroatoms. The Balaban J connectivity index is 1.59. The van der Waals surface area contributed by atoms with Crippen LogP contribution in [0.2, 0.25) is 0 Å². The van der Waals surface area contributed by atoms with E-state index in [0.29, 0.717) is 0 Å². The molecule has 4 nitrogen and oxygen atoms in total. The Hall–Kier alpha value is -0.610. The fourth-order valence-electron chi connectivity index (χ4n) is 3.27. The van der Waals surface area contributed by atoms with Gasteiger partial charge in [-0.1, -0.05) is 25.7 Å². The lowest BCUT2D eigenvalue weighted by atomic mass is 9.98. The van der Waals surface area contributed by atoms with Crippen LogP contribution in [0.3, 0.4) is 0 Å². The van der Waals surface area contributed by atoms with Crippen LogP contribution in [0.1, 0.15) is 57.8 Å². The summed E-state index contributed by atoms with van der Waals surface area (Å²) in [5, 5.41) is 3.03. The number of nitrogens with zero attached hydrogens (tertiary/aromatic N) is 1. The summed E-state index contributed by atoms with van der Waals surface area (Å²) in [7, 11) is 0. The number of likely N-dealkylation sites (tertiary alicyclic amines) is 1. The van der Waals surface area contributed by atoms with Crippen molar-refractivity contribution >= 4 is 5.91 Å². The molecule has 0 spiro atoms. The van der Waals surface area contributed by atoms with E-state index in [9.17, 15) is 4.79 Å². The number of carbonyl (C=O) groups is 1. The number of carbonyl (C=O) groups excluding carboxylic acids is 1. The number of amides is 1. The smallest absolute Gasteiger partial charge is 0.240 e. The molecule has 0 aromatic rings. The monoisotopic (exact) mass is 267 g/mol. The molecule has 1 saturated carbocycles. The Kier molecular flexibility index (Phi) is 5.64. The van der Waals surface area contributed by atoms with Crippen LogP contribution in [-0.4, -0.2) is 42.5 Å². The van der Waals surface area contributed by atoms with Crippen molar-refractivity contribution < 1.29 is 4.79 Å². The first-order valence-electron chi connectivity index (χ1n) is 8.00. The van der Waals surface area contributed by atoms with Gasteiger partial charge in [-0.2, -0.15) is 0 Å². The molecule has 1 saturated heterocycles. The van der Waals surface area contributed by atoms with Gasteiger partial charge in [-0.05, 0) is 51.7 Å². The number of nitrogens with two attached hydrogens (primary N) is 1. The van der Waals surface area contributed by atoms with Crippen molar-refractivity contribution in [1.82, 2.24) is 10.2 Å². The molecule has 1 aliphatic heterocycles. The molecule has 0 radical (unpaired) electrons. The van der Waals surface area contributed by atoms with Gasteiger partial charge >= 0.3 is 0 Å². The largest absolute Gasteiger partial charge is 0.354 e. The lowest BCUT2D eigenvalue weighted by Crippen LogP contribution is -2.52. The van der Waals surface area contributed by atoms with E-state index in [1.165, 1.54) is 38.8 Å². The topological polar surface area (TPSA) is 58.4 Å². The predicted molar refractivity (Wildman–Crippen MR) is 77.9 cm³/mol. The summed E-state index contributed by atoms with van der Waals surface area (Å²) in [5.74, 6) is 0.0702. The molecule has 1 aliphatic carbocycles. The Labute approximate surface area is 117 Å². The molecule has 3 N–H and O–H groups in total. The summed E-state index contributed by atoms with van der Waals surface area (Å²) in [5.41, 5.74) is 5.56. The maximum atomic E-state index is 12.0. The third kappa shape index (κ3) is 4.46. The first kappa shape index (κ1) is 14.8. The van der Waals surface area contributed by atoms with Crippen LogP contribution in [-0.2, 0) is 4.79 Å². The second-order valence-electron chi connectivity index (χ2n) is 6.23. The third-order valence-corrected chi connectivity index (χ3v) is 4.58. The Morgan fingerprint density at radius 3 is 2.32 bits per heavy atom. The summed E-state index contributed by atoms with van der Waals surface area (Å²) in [4.78, 5) is 14.6. The van der Waals surface area contributed by atoms with E-state index in [-0.39, 0.29) is 5.91 Å². The normalized spacial score (nSPS) is 24.1. The van der Waals surface area contributed by atoms with E-state index in [4.69, 9.17) is 5.73 Å². The molecular weight excluding hydrogens is 238 g/mol.